The highest BCUT2D eigenvalue weighted by atomic mass is 16.3. The molecule has 2 heteroatoms. The van der Waals surface area contributed by atoms with Gasteiger partial charge in [0, 0.05) is 13.1 Å². The molecule has 1 aromatic rings. The molecule has 0 radical (unpaired) electrons. The molecular formula is C21H33NO. The van der Waals surface area contributed by atoms with Crippen molar-refractivity contribution in [1.82, 2.24) is 4.90 Å². The summed E-state index contributed by atoms with van der Waals surface area (Å²) >= 11 is 0. The van der Waals surface area contributed by atoms with Gasteiger partial charge in [0.1, 0.15) is 5.72 Å². The van der Waals surface area contributed by atoms with Crippen molar-refractivity contribution < 1.29 is 5.11 Å². The van der Waals surface area contributed by atoms with Crippen molar-refractivity contribution in [3.05, 3.63) is 35.4 Å². The van der Waals surface area contributed by atoms with E-state index in [9.17, 15) is 5.11 Å². The third-order valence-corrected chi connectivity index (χ3v) is 5.93. The first kappa shape index (κ1) is 17.0. The van der Waals surface area contributed by atoms with Gasteiger partial charge in [0.05, 0.1) is 0 Å². The summed E-state index contributed by atoms with van der Waals surface area (Å²) in [7, 11) is 0. The predicted octanol–water partition coefficient (Wildman–Crippen LogP) is 5.17. The number of benzene rings is 1. The zero-order valence-corrected chi connectivity index (χ0v) is 14.8. The first-order chi connectivity index (χ1) is 11.2. The highest BCUT2D eigenvalue weighted by Gasteiger charge is 2.36. The summed E-state index contributed by atoms with van der Waals surface area (Å²) in [5, 5.41) is 11.4. The van der Waals surface area contributed by atoms with Gasteiger partial charge in [-0.25, -0.2) is 0 Å². The number of piperidine rings is 1. The Morgan fingerprint density at radius 3 is 2.17 bits per heavy atom. The van der Waals surface area contributed by atoms with Gasteiger partial charge in [-0.05, 0) is 49.1 Å². The molecule has 1 unspecified atom stereocenters. The molecule has 2 aliphatic rings. The van der Waals surface area contributed by atoms with Gasteiger partial charge in [-0.1, -0.05) is 63.3 Å². The molecule has 1 saturated carbocycles. The SMILES string of the molecule is CCCC(O)(c1ccc(C2CCCCC2)cc1)N1CCCCC1. The van der Waals surface area contributed by atoms with E-state index in [0.717, 1.165) is 37.4 Å². The maximum Gasteiger partial charge on any atom is 0.144 e. The van der Waals surface area contributed by atoms with Crippen LogP contribution in [0.2, 0.25) is 0 Å². The van der Waals surface area contributed by atoms with Crippen LogP contribution < -0.4 is 0 Å². The zero-order chi connectivity index (χ0) is 16.1. The maximum atomic E-state index is 11.4. The van der Waals surface area contributed by atoms with Crippen molar-refractivity contribution in [2.24, 2.45) is 0 Å². The molecule has 1 aliphatic heterocycles. The summed E-state index contributed by atoms with van der Waals surface area (Å²) in [5.41, 5.74) is 1.81. The number of likely N-dealkylation sites (tertiary alicyclic amines) is 1. The molecule has 0 spiro atoms. The van der Waals surface area contributed by atoms with Gasteiger partial charge in [-0.15, -0.1) is 0 Å². The van der Waals surface area contributed by atoms with E-state index >= 15 is 0 Å². The van der Waals surface area contributed by atoms with Crippen LogP contribution in [0.1, 0.15) is 88.2 Å². The molecule has 2 fully saturated rings. The summed E-state index contributed by atoms with van der Waals surface area (Å²) in [5.74, 6) is 0.743. The monoisotopic (exact) mass is 315 g/mol. The molecule has 1 aromatic carbocycles. The number of hydrogen-bond acceptors (Lipinski definition) is 2. The van der Waals surface area contributed by atoms with Crippen LogP contribution in [0, 0.1) is 0 Å². The number of rotatable bonds is 5. The lowest BCUT2D eigenvalue weighted by Gasteiger charge is -2.42. The van der Waals surface area contributed by atoms with E-state index < -0.39 is 5.72 Å². The molecule has 3 rings (SSSR count). The Balaban J connectivity index is 1.78. The van der Waals surface area contributed by atoms with Gasteiger partial charge in [-0.2, -0.15) is 0 Å². The standard InChI is InChI=1S/C21H33NO/c1-2-15-21(23,22-16-7-4-8-17-22)20-13-11-19(12-14-20)18-9-5-3-6-10-18/h11-14,18,23H,2-10,15-17H2,1H3. The van der Waals surface area contributed by atoms with Crippen LogP contribution in [0.5, 0.6) is 0 Å². The third kappa shape index (κ3) is 3.80. The van der Waals surface area contributed by atoms with E-state index in [1.807, 2.05) is 0 Å². The summed E-state index contributed by atoms with van der Waals surface area (Å²) in [6.07, 6.45) is 12.4. The van der Waals surface area contributed by atoms with Crippen LogP contribution in [0.15, 0.2) is 24.3 Å². The van der Waals surface area contributed by atoms with Gasteiger partial charge in [0.2, 0.25) is 0 Å². The van der Waals surface area contributed by atoms with E-state index in [1.54, 1.807) is 0 Å². The molecule has 1 N–H and O–H groups in total. The Hall–Kier alpha value is -0.860. The molecular weight excluding hydrogens is 282 g/mol. The Bertz CT molecular complexity index is 471. The van der Waals surface area contributed by atoms with Crippen molar-refractivity contribution in [1.29, 1.82) is 0 Å². The minimum Gasteiger partial charge on any atom is -0.371 e. The molecule has 1 heterocycles. The lowest BCUT2D eigenvalue weighted by molar-refractivity contribution is -0.130. The Morgan fingerprint density at radius 1 is 0.957 bits per heavy atom. The Morgan fingerprint density at radius 2 is 1.57 bits per heavy atom. The summed E-state index contributed by atoms with van der Waals surface area (Å²) < 4.78 is 0. The van der Waals surface area contributed by atoms with Gasteiger partial charge in [0.15, 0.2) is 0 Å². The molecule has 1 aliphatic carbocycles. The summed E-state index contributed by atoms with van der Waals surface area (Å²) in [4.78, 5) is 2.32. The molecule has 128 valence electrons. The number of hydrogen-bond donors (Lipinski definition) is 1. The molecule has 0 aromatic heterocycles. The number of nitrogens with zero attached hydrogens (tertiary/aromatic N) is 1. The fourth-order valence-electron chi connectivity index (χ4n) is 4.56. The van der Waals surface area contributed by atoms with E-state index in [0.29, 0.717) is 0 Å². The van der Waals surface area contributed by atoms with Crippen LogP contribution in [0.3, 0.4) is 0 Å². The summed E-state index contributed by atoms with van der Waals surface area (Å²) in [6.45, 7) is 4.23. The minimum absolute atomic E-state index is 0.743. The first-order valence-corrected chi connectivity index (χ1v) is 9.82. The lowest BCUT2D eigenvalue weighted by Crippen LogP contribution is -2.48. The highest BCUT2D eigenvalue weighted by Crippen LogP contribution is 2.36. The topological polar surface area (TPSA) is 23.5 Å². The predicted molar refractivity (Wildman–Crippen MR) is 96.5 cm³/mol. The van der Waals surface area contributed by atoms with Crippen molar-refractivity contribution in [2.75, 3.05) is 13.1 Å². The second kappa shape index (κ2) is 7.81. The quantitative estimate of drug-likeness (QED) is 0.810. The molecule has 0 amide bonds. The van der Waals surface area contributed by atoms with E-state index in [2.05, 4.69) is 36.1 Å². The second-order valence-electron chi connectivity index (χ2n) is 7.57. The first-order valence-electron chi connectivity index (χ1n) is 9.82. The smallest absolute Gasteiger partial charge is 0.144 e. The minimum atomic E-state index is -0.764. The van der Waals surface area contributed by atoms with E-state index in [1.165, 1.54) is 56.9 Å². The van der Waals surface area contributed by atoms with Gasteiger partial charge < -0.3 is 5.11 Å². The molecule has 1 saturated heterocycles. The average Bonchev–Trinajstić information content (AvgIpc) is 2.63. The van der Waals surface area contributed by atoms with Crippen molar-refractivity contribution >= 4 is 0 Å². The normalized spacial score (nSPS) is 23.6. The fourth-order valence-corrected chi connectivity index (χ4v) is 4.56. The lowest BCUT2D eigenvalue weighted by atomic mass is 9.83. The average molecular weight is 316 g/mol. The van der Waals surface area contributed by atoms with Crippen molar-refractivity contribution in [3.63, 3.8) is 0 Å². The van der Waals surface area contributed by atoms with E-state index in [4.69, 9.17) is 0 Å². The zero-order valence-electron chi connectivity index (χ0n) is 14.8. The number of aliphatic hydroxyl groups is 1. The van der Waals surface area contributed by atoms with E-state index in [-0.39, 0.29) is 0 Å². The van der Waals surface area contributed by atoms with Crippen LogP contribution in [0.25, 0.3) is 0 Å². The van der Waals surface area contributed by atoms with Gasteiger partial charge in [0.25, 0.3) is 0 Å². The van der Waals surface area contributed by atoms with Crippen LogP contribution >= 0.6 is 0 Å². The van der Waals surface area contributed by atoms with Crippen molar-refractivity contribution in [2.45, 2.75) is 82.8 Å². The maximum absolute atomic E-state index is 11.4. The van der Waals surface area contributed by atoms with Crippen molar-refractivity contribution in [3.8, 4) is 0 Å². The second-order valence-corrected chi connectivity index (χ2v) is 7.57. The molecule has 23 heavy (non-hydrogen) atoms. The third-order valence-electron chi connectivity index (χ3n) is 5.93. The van der Waals surface area contributed by atoms with Crippen LogP contribution in [-0.4, -0.2) is 23.1 Å². The Kier molecular flexibility index (Phi) is 5.76. The van der Waals surface area contributed by atoms with Gasteiger partial charge >= 0.3 is 0 Å². The molecule has 0 bridgehead atoms. The Labute approximate surface area is 141 Å². The molecule has 1 atom stereocenters. The summed E-state index contributed by atoms with van der Waals surface area (Å²) in [6, 6.07) is 8.98. The van der Waals surface area contributed by atoms with Gasteiger partial charge in [-0.3, -0.25) is 4.90 Å². The highest BCUT2D eigenvalue weighted by molar-refractivity contribution is 5.29. The largest absolute Gasteiger partial charge is 0.371 e. The van der Waals surface area contributed by atoms with Crippen LogP contribution in [0.4, 0.5) is 0 Å². The molecule has 2 nitrogen and oxygen atoms in total. The fraction of sp³-hybridized carbons (Fsp3) is 0.714. The van der Waals surface area contributed by atoms with Crippen LogP contribution in [-0.2, 0) is 5.72 Å².